The number of aromatic amines is 1. The maximum atomic E-state index is 12.9. The maximum absolute atomic E-state index is 12.9. The van der Waals surface area contributed by atoms with Crippen LogP contribution in [0.25, 0.3) is 21.6 Å². The molecule has 0 saturated carbocycles. The molecule has 0 radical (unpaired) electrons. The van der Waals surface area contributed by atoms with Crippen molar-refractivity contribution in [2.24, 2.45) is 10.8 Å². The Balaban J connectivity index is 1.56. The van der Waals surface area contributed by atoms with Crippen molar-refractivity contribution < 1.29 is 34.2 Å². The van der Waals surface area contributed by atoms with Gasteiger partial charge in [0.15, 0.2) is 11.2 Å². The molecule has 3 aromatic rings. The summed E-state index contributed by atoms with van der Waals surface area (Å²) in [6.45, 7) is 0.548. The van der Waals surface area contributed by atoms with Crippen molar-refractivity contribution in [3.8, 4) is 0 Å². The Kier molecular flexibility index (Phi) is 15.0. The lowest BCUT2D eigenvalue weighted by Crippen LogP contribution is -2.52. The normalized spacial score (nSPS) is 12.5. The van der Waals surface area contributed by atoms with Gasteiger partial charge in [-0.25, -0.2) is 19.6 Å². The van der Waals surface area contributed by atoms with Crippen molar-refractivity contribution in [3.05, 3.63) is 62.5 Å². The Morgan fingerprint density at radius 2 is 1.61 bits per heavy atom. The van der Waals surface area contributed by atoms with Crippen LogP contribution in [-0.4, -0.2) is 91.0 Å². The number of aromatic nitrogens is 4. The van der Waals surface area contributed by atoms with Crippen molar-refractivity contribution in [1.82, 2.24) is 35.9 Å². The number of rotatable bonds is 21. The number of nitrogen functional groups attached to an aromatic ring is 1. The summed E-state index contributed by atoms with van der Waals surface area (Å²) in [5, 5.41) is 32.9. The first kappa shape index (κ1) is 39.1. The van der Waals surface area contributed by atoms with E-state index in [9.17, 15) is 39.0 Å². The summed E-state index contributed by atoms with van der Waals surface area (Å²) in [5.41, 5.74) is 20.2. The first-order valence-electron chi connectivity index (χ1n) is 15.8. The number of hydrogen-bond acceptors (Lipinski definition) is 13. The van der Waals surface area contributed by atoms with E-state index in [1.165, 1.54) is 18.3 Å². The number of carboxylic acid groups (broad SMARTS) is 2. The molecule has 3 rings (SSSR count). The molecule has 21 heteroatoms. The number of H-pyrrole nitrogens is 1. The van der Waals surface area contributed by atoms with Crippen LogP contribution in [0.3, 0.4) is 0 Å². The highest BCUT2D eigenvalue weighted by Gasteiger charge is 2.27. The van der Waals surface area contributed by atoms with Crippen molar-refractivity contribution in [2.75, 3.05) is 24.1 Å². The number of fused-ring (bicyclic) bond motifs is 1. The fourth-order valence-electron chi connectivity index (χ4n) is 4.73. The number of unbranched alkanes of at least 4 members (excludes halogenated alkanes) is 1. The molecule has 272 valence electrons. The largest absolute Gasteiger partial charge is 0.480 e. The minimum Gasteiger partial charge on any atom is -0.480 e. The molecule has 0 saturated heterocycles. The number of carbonyl (C=O) groups excluding carboxylic acids is 3. The van der Waals surface area contributed by atoms with Gasteiger partial charge in [0, 0.05) is 29.1 Å². The molecule has 0 bridgehead atoms. The second-order valence-corrected chi connectivity index (χ2v) is 11.2. The number of carboxylic acids is 2. The molecule has 3 amide bonds. The number of hydrogen-bond donors (Lipinski definition) is 9. The van der Waals surface area contributed by atoms with Crippen LogP contribution < -0.4 is 38.3 Å². The molecule has 21 nitrogen and oxygen atoms in total. The Morgan fingerprint density at radius 3 is 2.27 bits per heavy atom. The zero-order chi connectivity index (χ0) is 37.3. The Bertz CT molecular complexity index is 1810. The molecular formula is C30H39N13O8. The zero-order valence-electron chi connectivity index (χ0n) is 27.4. The molecule has 0 unspecified atom stereocenters. The Hall–Kier alpha value is -6.34. The molecule has 0 fully saturated rings. The molecule has 0 spiro atoms. The third-order valence-corrected chi connectivity index (χ3v) is 7.40. The van der Waals surface area contributed by atoms with Gasteiger partial charge in [-0.3, -0.25) is 24.2 Å². The van der Waals surface area contributed by atoms with Crippen LogP contribution in [0.4, 0.5) is 11.6 Å². The Labute approximate surface area is 289 Å². The van der Waals surface area contributed by atoms with Crippen molar-refractivity contribution in [1.29, 1.82) is 0 Å². The minimum atomic E-state index is -1.46. The second kappa shape index (κ2) is 19.6. The zero-order valence-corrected chi connectivity index (χ0v) is 27.4. The number of nitrogens with two attached hydrogens (primary N) is 2. The summed E-state index contributed by atoms with van der Waals surface area (Å²) in [6, 6.07) is 2.17. The van der Waals surface area contributed by atoms with E-state index < -0.39 is 59.8 Å². The monoisotopic (exact) mass is 709 g/mol. The van der Waals surface area contributed by atoms with Crippen LogP contribution in [0.15, 0.2) is 40.4 Å². The number of nitrogens with zero attached hydrogens (tertiary/aromatic N) is 6. The van der Waals surface area contributed by atoms with Gasteiger partial charge in [0.25, 0.3) is 11.5 Å². The van der Waals surface area contributed by atoms with Gasteiger partial charge in [-0.1, -0.05) is 5.11 Å². The SMILES string of the molecule is [N-]=[N+]=NCCC[C@H](NC(=O)CC[C@H](NC(=O)c1ccc(NCc2cnc3nc(N)[nH]c(=O)c3n2)cc1)C(=O)O)C(=O)N[C@H](CCCCN)C(=O)O. The molecule has 0 aliphatic rings. The summed E-state index contributed by atoms with van der Waals surface area (Å²) in [7, 11) is 0. The molecule has 3 atom stereocenters. The molecule has 2 aromatic heterocycles. The van der Waals surface area contributed by atoms with Gasteiger partial charge >= 0.3 is 11.9 Å². The van der Waals surface area contributed by atoms with E-state index in [0.717, 1.165) is 0 Å². The predicted molar refractivity (Wildman–Crippen MR) is 182 cm³/mol. The first-order chi connectivity index (χ1) is 24.4. The number of anilines is 2. The fourth-order valence-corrected chi connectivity index (χ4v) is 4.73. The molecule has 0 aliphatic heterocycles. The van der Waals surface area contributed by atoms with Gasteiger partial charge in [-0.2, -0.15) is 4.98 Å². The standard InChI is InChI=1S/C30H39N13O8/c31-12-2-1-4-20(28(48)49)40-26(46)19(5-3-13-36-43-33)38-22(44)11-10-21(29(50)51)39-25(45)16-6-8-17(9-7-16)34-14-18-15-35-24-23(37-18)27(47)42-30(32)41-24/h6-9,15,19-21,34H,1-5,10-14,31H2,(H,38,44)(H,39,45)(H,40,46)(H,48,49)(H,50,51)(H3,32,35,41,42,47)/t19-,20+,21-/m0/s1. The highest BCUT2D eigenvalue weighted by Crippen LogP contribution is 2.13. The molecule has 1 aromatic carbocycles. The van der Waals surface area contributed by atoms with Crippen LogP contribution in [0, 0.1) is 0 Å². The highest BCUT2D eigenvalue weighted by molar-refractivity contribution is 5.97. The van der Waals surface area contributed by atoms with Gasteiger partial charge in [0.2, 0.25) is 17.8 Å². The van der Waals surface area contributed by atoms with Gasteiger partial charge in [-0.15, -0.1) is 0 Å². The highest BCUT2D eigenvalue weighted by atomic mass is 16.4. The number of aliphatic carboxylic acids is 2. The molecular weight excluding hydrogens is 670 g/mol. The van der Waals surface area contributed by atoms with Crippen LogP contribution in [0.5, 0.6) is 0 Å². The molecule has 0 aliphatic carbocycles. The molecule has 11 N–H and O–H groups in total. The van der Waals surface area contributed by atoms with Crippen molar-refractivity contribution in [3.63, 3.8) is 0 Å². The van der Waals surface area contributed by atoms with E-state index in [-0.39, 0.29) is 61.4 Å². The van der Waals surface area contributed by atoms with E-state index >= 15 is 0 Å². The number of benzene rings is 1. The minimum absolute atomic E-state index is 0.0121. The predicted octanol–water partition coefficient (Wildman–Crippen LogP) is 0.144. The summed E-state index contributed by atoms with van der Waals surface area (Å²) in [5.74, 6) is -4.94. The van der Waals surface area contributed by atoms with Gasteiger partial charge in [-0.05, 0) is 74.9 Å². The third-order valence-electron chi connectivity index (χ3n) is 7.40. The molecule has 51 heavy (non-hydrogen) atoms. The average molecular weight is 710 g/mol. The van der Waals surface area contributed by atoms with E-state index in [1.54, 1.807) is 12.1 Å². The van der Waals surface area contributed by atoms with E-state index in [2.05, 4.69) is 51.2 Å². The number of azide groups is 1. The van der Waals surface area contributed by atoms with Crippen molar-refractivity contribution in [2.45, 2.75) is 69.6 Å². The van der Waals surface area contributed by atoms with Gasteiger partial charge < -0.3 is 42.9 Å². The number of nitrogens with one attached hydrogen (secondary N) is 5. The summed E-state index contributed by atoms with van der Waals surface area (Å²) >= 11 is 0. The van der Waals surface area contributed by atoms with E-state index in [4.69, 9.17) is 17.0 Å². The topological polar surface area (TPSA) is 346 Å². The quantitative estimate of drug-likeness (QED) is 0.0308. The summed E-state index contributed by atoms with van der Waals surface area (Å²) in [6.07, 6.45) is 2.04. The first-order valence-corrected chi connectivity index (χ1v) is 15.8. The Morgan fingerprint density at radius 1 is 0.922 bits per heavy atom. The fraction of sp³-hybridized carbons (Fsp3) is 0.433. The van der Waals surface area contributed by atoms with E-state index in [1.807, 2.05) is 0 Å². The lowest BCUT2D eigenvalue weighted by Gasteiger charge is -2.22. The van der Waals surface area contributed by atoms with E-state index in [0.29, 0.717) is 30.8 Å². The molecule has 2 heterocycles. The van der Waals surface area contributed by atoms with Crippen LogP contribution in [0.1, 0.15) is 61.0 Å². The lowest BCUT2D eigenvalue weighted by molar-refractivity contribution is -0.142. The van der Waals surface area contributed by atoms with Gasteiger partial charge in [0.05, 0.1) is 18.4 Å². The maximum Gasteiger partial charge on any atom is 0.326 e. The average Bonchev–Trinajstić information content (AvgIpc) is 3.10. The van der Waals surface area contributed by atoms with Crippen LogP contribution in [0.2, 0.25) is 0 Å². The number of carbonyl (C=O) groups is 5. The summed E-state index contributed by atoms with van der Waals surface area (Å²) in [4.78, 5) is 91.5. The van der Waals surface area contributed by atoms with Crippen molar-refractivity contribution >= 4 is 52.5 Å². The smallest absolute Gasteiger partial charge is 0.326 e. The third kappa shape index (κ3) is 12.6. The summed E-state index contributed by atoms with van der Waals surface area (Å²) < 4.78 is 0. The lowest BCUT2D eigenvalue weighted by atomic mass is 10.1. The number of amides is 3. The van der Waals surface area contributed by atoms with Crippen LogP contribution in [-0.2, 0) is 25.7 Å². The second-order valence-electron chi connectivity index (χ2n) is 11.2. The van der Waals surface area contributed by atoms with Gasteiger partial charge in [0.1, 0.15) is 18.1 Å². The van der Waals surface area contributed by atoms with Crippen LogP contribution >= 0.6 is 0 Å².